The molecule has 3 heteroatoms. The molecule has 3 rings (SSSR count). The fraction of sp³-hybridized carbons (Fsp3) is 0.625. The van der Waals surface area contributed by atoms with Crippen LogP contribution < -0.4 is 15.4 Å². The van der Waals surface area contributed by atoms with Crippen molar-refractivity contribution in [3.05, 3.63) is 18.2 Å². The van der Waals surface area contributed by atoms with Crippen LogP contribution in [0, 0.1) is 0 Å². The lowest BCUT2D eigenvalue weighted by Gasteiger charge is -2.46. The van der Waals surface area contributed by atoms with Crippen molar-refractivity contribution < 1.29 is 4.74 Å². The Kier molecular flexibility index (Phi) is 3.29. The molecule has 1 aromatic carbocycles. The van der Waals surface area contributed by atoms with Crippen LogP contribution in [-0.2, 0) is 0 Å². The molecule has 1 aliphatic heterocycles. The lowest BCUT2D eigenvalue weighted by molar-refractivity contribution is 0.0286. The third-order valence-electron chi connectivity index (χ3n) is 4.39. The predicted octanol–water partition coefficient (Wildman–Crippen LogP) is 3.58. The Morgan fingerprint density at radius 2 is 2.05 bits per heavy atom. The summed E-state index contributed by atoms with van der Waals surface area (Å²) < 4.78 is 6.40. The Balaban J connectivity index is 1.94. The predicted molar refractivity (Wildman–Crippen MR) is 79.8 cm³/mol. The van der Waals surface area contributed by atoms with Gasteiger partial charge in [-0.2, -0.15) is 0 Å². The van der Waals surface area contributed by atoms with Gasteiger partial charge in [-0.05, 0) is 44.2 Å². The van der Waals surface area contributed by atoms with Crippen LogP contribution in [0.3, 0.4) is 0 Å². The van der Waals surface area contributed by atoms with Gasteiger partial charge in [-0.3, -0.25) is 0 Å². The minimum absolute atomic E-state index is 0.0359. The van der Waals surface area contributed by atoms with Crippen molar-refractivity contribution in [2.45, 2.75) is 51.0 Å². The smallest absolute Gasteiger partial charge is 0.145 e. The molecule has 0 atom stereocenters. The SMILES string of the molecule is CCCN1CC2(CCCCC2)Oc2cc(N)ccc21. The van der Waals surface area contributed by atoms with Crippen LogP contribution in [0.2, 0.25) is 0 Å². The van der Waals surface area contributed by atoms with E-state index in [9.17, 15) is 0 Å². The summed E-state index contributed by atoms with van der Waals surface area (Å²) in [5, 5.41) is 0. The molecule has 0 unspecified atom stereocenters. The van der Waals surface area contributed by atoms with E-state index in [0.29, 0.717) is 0 Å². The zero-order chi connectivity index (χ0) is 13.3. The van der Waals surface area contributed by atoms with Gasteiger partial charge in [0.1, 0.15) is 11.4 Å². The average Bonchev–Trinajstić information content (AvgIpc) is 2.39. The summed E-state index contributed by atoms with van der Waals surface area (Å²) in [5.41, 5.74) is 7.97. The Morgan fingerprint density at radius 3 is 2.79 bits per heavy atom. The van der Waals surface area contributed by atoms with Crippen LogP contribution in [0.5, 0.6) is 5.75 Å². The summed E-state index contributed by atoms with van der Waals surface area (Å²) in [6.45, 7) is 4.37. The zero-order valence-corrected chi connectivity index (χ0v) is 11.8. The number of hydrogen-bond donors (Lipinski definition) is 1. The van der Waals surface area contributed by atoms with Crippen LogP contribution in [0.1, 0.15) is 45.4 Å². The van der Waals surface area contributed by atoms with E-state index >= 15 is 0 Å². The van der Waals surface area contributed by atoms with Crippen LogP contribution in [0.4, 0.5) is 11.4 Å². The van der Waals surface area contributed by atoms with E-state index in [-0.39, 0.29) is 5.60 Å². The molecule has 0 aromatic heterocycles. The topological polar surface area (TPSA) is 38.5 Å². The highest BCUT2D eigenvalue weighted by molar-refractivity contribution is 5.65. The first-order valence-electron chi connectivity index (χ1n) is 7.56. The molecule has 0 bridgehead atoms. The number of hydrogen-bond acceptors (Lipinski definition) is 3. The van der Waals surface area contributed by atoms with Gasteiger partial charge in [-0.1, -0.05) is 13.3 Å². The minimum atomic E-state index is 0.0359. The van der Waals surface area contributed by atoms with Crippen molar-refractivity contribution in [3.8, 4) is 5.75 Å². The second-order valence-corrected chi connectivity index (χ2v) is 5.99. The Hall–Kier alpha value is -1.38. The molecule has 19 heavy (non-hydrogen) atoms. The van der Waals surface area contributed by atoms with Crippen LogP contribution >= 0.6 is 0 Å². The first-order valence-corrected chi connectivity index (χ1v) is 7.56. The summed E-state index contributed by atoms with van der Waals surface area (Å²) in [4.78, 5) is 2.49. The summed E-state index contributed by atoms with van der Waals surface area (Å²) in [6.07, 6.45) is 7.46. The van der Waals surface area contributed by atoms with Gasteiger partial charge in [0.05, 0.1) is 12.2 Å². The molecular weight excluding hydrogens is 236 g/mol. The maximum atomic E-state index is 6.40. The highest BCUT2D eigenvalue weighted by atomic mass is 16.5. The van der Waals surface area contributed by atoms with E-state index in [4.69, 9.17) is 10.5 Å². The van der Waals surface area contributed by atoms with Gasteiger partial charge < -0.3 is 15.4 Å². The van der Waals surface area contributed by atoms with Gasteiger partial charge in [0, 0.05) is 18.3 Å². The van der Waals surface area contributed by atoms with Gasteiger partial charge in [0.2, 0.25) is 0 Å². The Bertz CT molecular complexity index is 452. The molecule has 1 aliphatic carbocycles. The Labute approximate surface area is 115 Å². The quantitative estimate of drug-likeness (QED) is 0.826. The fourth-order valence-corrected chi connectivity index (χ4v) is 3.50. The third-order valence-corrected chi connectivity index (χ3v) is 4.39. The maximum absolute atomic E-state index is 6.40. The van der Waals surface area contributed by atoms with E-state index in [1.165, 1.54) is 44.2 Å². The average molecular weight is 260 g/mol. The van der Waals surface area contributed by atoms with Crippen molar-refractivity contribution in [1.82, 2.24) is 0 Å². The number of nitrogens with two attached hydrogens (primary N) is 1. The van der Waals surface area contributed by atoms with Gasteiger partial charge in [-0.25, -0.2) is 0 Å². The van der Waals surface area contributed by atoms with Gasteiger partial charge >= 0.3 is 0 Å². The van der Waals surface area contributed by atoms with E-state index in [1.54, 1.807) is 0 Å². The van der Waals surface area contributed by atoms with Gasteiger partial charge in [0.25, 0.3) is 0 Å². The molecule has 1 saturated carbocycles. The number of ether oxygens (including phenoxy) is 1. The highest BCUT2D eigenvalue weighted by Gasteiger charge is 2.40. The van der Waals surface area contributed by atoms with Gasteiger partial charge in [-0.15, -0.1) is 0 Å². The lowest BCUT2D eigenvalue weighted by atomic mass is 9.83. The molecule has 3 nitrogen and oxygen atoms in total. The van der Waals surface area contributed by atoms with E-state index in [0.717, 1.165) is 24.5 Å². The fourth-order valence-electron chi connectivity index (χ4n) is 3.50. The molecule has 1 heterocycles. The first kappa shape index (κ1) is 12.6. The lowest BCUT2D eigenvalue weighted by Crippen LogP contribution is -2.52. The standard InChI is InChI=1S/C16H24N2O/c1-2-10-18-12-16(8-4-3-5-9-16)19-15-11-13(17)6-7-14(15)18/h6-7,11H,2-5,8-10,12,17H2,1H3. The number of rotatable bonds is 2. The molecule has 0 radical (unpaired) electrons. The zero-order valence-electron chi connectivity index (χ0n) is 11.8. The summed E-state index contributed by atoms with van der Waals surface area (Å²) in [6, 6.07) is 6.08. The normalized spacial score (nSPS) is 21.0. The minimum Gasteiger partial charge on any atom is -0.483 e. The number of nitrogens with zero attached hydrogens (tertiary/aromatic N) is 1. The summed E-state index contributed by atoms with van der Waals surface area (Å²) in [7, 11) is 0. The van der Waals surface area contributed by atoms with Gasteiger partial charge in [0.15, 0.2) is 0 Å². The summed E-state index contributed by atoms with van der Waals surface area (Å²) in [5.74, 6) is 0.988. The Morgan fingerprint density at radius 1 is 1.26 bits per heavy atom. The number of fused-ring (bicyclic) bond motifs is 1. The second kappa shape index (κ2) is 4.95. The molecule has 2 N–H and O–H groups in total. The molecule has 2 aliphatic rings. The molecule has 0 saturated heterocycles. The maximum Gasteiger partial charge on any atom is 0.145 e. The van der Waals surface area contributed by atoms with Crippen molar-refractivity contribution in [2.75, 3.05) is 23.7 Å². The van der Waals surface area contributed by atoms with E-state index in [1.807, 2.05) is 12.1 Å². The van der Waals surface area contributed by atoms with Crippen molar-refractivity contribution >= 4 is 11.4 Å². The van der Waals surface area contributed by atoms with Crippen molar-refractivity contribution in [3.63, 3.8) is 0 Å². The third kappa shape index (κ3) is 2.38. The highest BCUT2D eigenvalue weighted by Crippen LogP contribution is 2.43. The second-order valence-electron chi connectivity index (χ2n) is 5.99. The molecule has 0 amide bonds. The van der Waals surface area contributed by atoms with Crippen molar-refractivity contribution in [2.24, 2.45) is 0 Å². The monoisotopic (exact) mass is 260 g/mol. The number of anilines is 2. The molecule has 104 valence electrons. The molecule has 1 fully saturated rings. The van der Waals surface area contributed by atoms with E-state index in [2.05, 4.69) is 17.9 Å². The number of benzene rings is 1. The van der Waals surface area contributed by atoms with Crippen LogP contribution in [0.25, 0.3) is 0 Å². The molecule has 1 spiro atoms. The molecular formula is C16H24N2O. The van der Waals surface area contributed by atoms with Crippen LogP contribution in [-0.4, -0.2) is 18.7 Å². The first-order chi connectivity index (χ1) is 9.22. The molecule has 1 aromatic rings. The van der Waals surface area contributed by atoms with Crippen LogP contribution in [0.15, 0.2) is 18.2 Å². The van der Waals surface area contributed by atoms with E-state index < -0.39 is 0 Å². The number of nitrogen functional groups attached to an aromatic ring is 1. The summed E-state index contributed by atoms with van der Waals surface area (Å²) >= 11 is 0. The largest absolute Gasteiger partial charge is 0.483 e. The van der Waals surface area contributed by atoms with Crippen molar-refractivity contribution in [1.29, 1.82) is 0 Å².